The summed E-state index contributed by atoms with van der Waals surface area (Å²) >= 11 is 0. The van der Waals surface area contributed by atoms with Crippen LogP contribution in [0.4, 0.5) is 0 Å². The highest BCUT2D eigenvalue weighted by atomic mass is 16.2. The summed E-state index contributed by atoms with van der Waals surface area (Å²) in [6, 6.07) is 7.58. The summed E-state index contributed by atoms with van der Waals surface area (Å²) in [4.78, 5) is 14.5. The predicted octanol–water partition coefficient (Wildman–Crippen LogP) is 3.91. The molecule has 1 radical (unpaired) electrons. The average Bonchev–Trinajstić information content (AvgIpc) is 2.46. The molecule has 1 saturated carbocycles. The van der Waals surface area contributed by atoms with Gasteiger partial charge in [-0.1, -0.05) is 31.4 Å². The Hall–Kier alpha value is -1.31. The highest BCUT2D eigenvalue weighted by Crippen LogP contribution is 2.24. The van der Waals surface area contributed by atoms with Gasteiger partial charge in [0, 0.05) is 18.7 Å². The Morgan fingerprint density at radius 2 is 1.84 bits per heavy atom. The second kappa shape index (κ2) is 6.74. The zero-order valence-electron chi connectivity index (χ0n) is 11.9. The Morgan fingerprint density at radius 1 is 1.21 bits per heavy atom. The maximum Gasteiger partial charge on any atom is 0.253 e. The van der Waals surface area contributed by atoms with Gasteiger partial charge in [-0.15, -0.1) is 0 Å². The fourth-order valence-corrected chi connectivity index (χ4v) is 2.87. The molecule has 0 N–H and O–H groups in total. The Balaban J connectivity index is 1.99. The smallest absolute Gasteiger partial charge is 0.253 e. The largest absolute Gasteiger partial charge is 0.339 e. The van der Waals surface area contributed by atoms with Crippen molar-refractivity contribution in [1.29, 1.82) is 0 Å². The normalized spacial score (nSPS) is 16.3. The van der Waals surface area contributed by atoms with E-state index in [4.69, 9.17) is 0 Å². The molecule has 0 unspecified atom stereocenters. The van der Waals surface area contributed by atoms with Gasteiger partial charge in [0.1, 0.15) is 0 Å². The number of hydrogen-bond donors (Lipinski definition) is 0. The van der Waals surface area contributed by atoms with Crippen molar-refractivity contribution in [2.75, 3.05) is 13.1 Å². The van der Waals surface area contributed by atoms with Crippen LogP contribution in [0.1, 0.15) is 54.9 Å². The number of benzene rings is 1. The van der Waals surface area contributed by atoms with E-state index in [1.165, 1.54) is 32.1 Å². The van der Waals surface area contributed by atoms with Gasteiger partial charge in [0.15, 0.2) is 0 Å². The van der Waals surface area contributed by atoms with Gasteiger partial charge in [0.25, 0.3) is 5.91 Å². The number of carbonyl (C=O) groups excluding carboxylic acids is 1. The minimum atomic E-state index is 0.160. The van der Waals surface area contributed by atoms with E-state index in [-0.39, 0.29) is 5.91 Å². The lowest BCUT2D eigenvalue weighted by Gasteiger charge is -2.29. The lowest BCUT2D eigenvalue weighted by Crippen LogP contribution is -2.35. The molecule has 2 rings (SSSR count). The highest BCUT2D eigenvalue weighted by Gasteiger charge is 2.20. The maximum atomic E-state index is 12.5. The summed E-state index contributed by atoms with van der Waals surface area (Å²) in [6.07, 6.45) is 6.57. The quantitative estimate of drug-likeness (QED) is 0.801. The zero-order chi connectivity index (χ0) is 13.7. The van der Waals surface area contributed by atoms with Crippen molar-refractivity contribution < 1.29 is 4.79 Å². The van der Waals surface area contributed by atoms with Crippen LogP contribution in [0.2, 0.25) is 0 Å². The lowest BCUT2D eigenvalue weighted by molar-refractivity contribution is 0.0724. The molecular weight excluding hydrogens is 234 g/mol. The molecule has 1 aliphatic rings. The molecule has 1 fully saturated rings. The van der Waals surface area contributed by atoms with Gasteiger partial charge in [-0.25, -0.2) is 0 Å². The molecule has 2 heteroatoms. The number of nitrogens with zero attached hydrogens (tertiary/aromatic N) is 1. The third-order valence-electron chi connectivity index (χ3n) is 4.07. The Morgan fingerprint density at radius 3 is 2.42 bits per heavy atom. The Bertz CT molecular complexity index is 404. The molecule has 0 spiro atoms. The van der Waals surface area contributed by atoms with E-state index in [0.717, 1.165) is 24.2 Å². The van der Waals surface area contributed by atoms with E-state index in [0.29, 0.717) is 5.92 Å². The van der Waals surface area contributed by atoms with Crippen molar-refractivity contribution in [2.24, 2.45) is 5.92 Å². The molecule has 0 aliphatic heterocycles. The van der Waals surface area contributed by atoms with E-state index in [2.05, 4.69) is 13.8 Å². The van der Waals surface area contributed by atoms with E-state index in [9.17, 15) is 4.79 Å². The van der Waals surface area contributed by atoms with Gasteiger partial charge in [0.2, 0.25) is 0 Å². The van der Waals surface area contributed by atoms with Crippen LogP contribution < -0.4 is 0 Å². The van der Waals surface area contributed by atoms with Crippen molar-refractivity contribution in [3.8, 4) is 0 Å². The van der Waals surface area contributed by atoms with Crippen LogP contribution in [0.15, 0.2) is 24.3 Å². The Labute approximate surface area is 116 Å². The minimum Gasteiger partial charge on any atom is -0.339 e. The van der Waals surface area contributed by atoms with Crippen molar-refractivity contribution in [1.82, 2.24) is 4.90 Å². The molecule has 0 atom stereocenters. The minimum absolute atomic E-state index is 0.160. The predicted molar refractivity (Wildman–Crippen MR) is 79.1 cm³/mol. The number of rotatable bonds is 4. The lowest BCUT2D eigenvalue weighted by atomic mass is 9.89. The average molecular weight is 258 g/mol. The number of carbonyl (C=O) groups is 1. The fourth-order valence-electron chi connectivity index (χ4n) is 2.87. The van der Waals surface area contributed by atoms with Gasteiger partial charge < -0.3 is 4.90 Å². The SMILES string of the molecule is [CH2]c1ccc(C(=O)N(CC)CC2CCCCC2)cc1. The van der Waals surface area contributed by atoms with Gasteiger partial charge in [-0.3, -0.25) is 4.79 Å². The van der Waals surface area contributed by atoms with Crippen LogP contribution in [0.25, 0.3) is 0 Å². The first kappa shape index (κ1) is 14.1. The maximum absolute atomic E-state index is 12.5. The standard InChI is InChI=1S/C17H24NO/c1-3-18(13-15-7-5-4-6-8-15)17(19)16-11-9-14(2)10-12-16/h9-12,15H,2-8,13H2,1H3. The third-order valence-corrected chi connectivity index (χ3v) is 4.07. The van der Waals surface area contributed by atoms with Crippen molar-refractivity contribution >= 4 is 5.91 Å². The van der Waals surface area contributed by atoms with Crippen LogP contribution in [-0.4, -0.2) is 23.9 Å². The van der Waals surface area contributed by atoms with Crippen LogP contribution in [0.5, 0.6) is 0 Å². The van der Waals surface area contributed by atoms with Gasteiger partial charge in [-0.05, 0) is 50.3 Å². The first-order chi connectivity index (χ1) is 9.20. The van der Waals surface area contributed by atoms with Crippen molar-refractivity contribution in [3.05, 3.63) is 42.3 Å². The molecule has 1 aromatic rings. The molecule has 19 heavy (non-hydrogen) atoms. The first-order valence-corrected chi connectivity index (χ1v) is 7.42. The molecule has 1 amide bonds. The summed E-state index contributed by atoms with van der Waals surface area (Å²) in [5.74, 6) is 0.859. The first-order valence-electron chi connectivity index (χ1n) is 7.42. The zero-order valence-corrected chi connectivity index (χ0v) is 11.9. The van der Waals surface area contributed by atoms with Gasteiger partial charge in [-0.2, -0.15) is 0 Å². The molecule has 0 saturated heterocycles. The van der Waals surface area contributed by atoms with E-state index >= 15 is 0 Å². The molecule has 0 heterocycles. The van der Waals surface area contributed by atoms with Crippen molar-refractivity contribution in [2.45, 2.75) is 39.0 Å². The van der Waals surface area contributed by atoms with Gasteiger partial charge in [0.05, 0.1) is 0 Å². The molecule has 0 aromatic heterocycles. The van der Waals surface area contributed by atoms with E-state index < -0.39 is 0 Å². The second-order valence-electron chi connectivity index (χ2n) is 5.54. The topological polar surface area (TPSA) is 20.3 Å². The second-order valence-corrected chi connectivity index (χ2v) is 5.54. The molecular formula is C17H24NO. The summed E-state index contributed by atoms with van der Waals surface area (Å²) < 4.78 is 0. The van der Waals surface area contributed by atoms with Crippen LogP contribution in [0.3, 0.4) is 0 Å². The summed E-state index contributed by atoms with van der Waals surface area (Å²) in [5.41, 5.74) is 1.73. The van der Waals surface area contributed by atoms with E-state index in [1.54, 1.807) is 0 Å². The molecule has 1 aliphatic carbocycles. The third kappa shape index (κ3) is 3.82. The van der Waals surface area contributed by atoms with Crippen LogP contribution in [-0.2, 0) is 0 Å². The summed E-state index contributed by atoms with van der Waals surface area (Å²) in [6.45, 7) is 7.63. The summed E-state index contributed by atoms with van der Waals surface area (Å²) in [7, 11) is 0. The van der Waals surface area contributed by atoms with Gasteiger partial charge >= 0.3 is 0 Å². The highest BCUT2D eigenvalue weighted by molar-refractivity contribution is 5.94. The molecule has 103 valence electrons. The monoisotopic (exact) mass is 258 g/mol. The fraction of sp³-hybridized carbons (Fsp3) is 0.529. The summed E-state index contributed by atoms with van der Waals surface area (Å²) in [5, 5.41) is 0. The van der Waals surface area contributed by atoms with Crippen LogP contribution in [0, 0.1) is 12.8 Å². The van der Waals surface area contributed by atoms with Crippen LogP contribution >= 0.6 is 0 Å². The molecule has 1 aromatic carbocycles. The Kier molecular flexibility index (Phi) is 5.00. The van der Waals surface area contributed by atoms with Crippen molar-refractivity contribution in [3.63, 3.8) is 0 Å². The number of hydrogen-bond acceptors (Lipinski definition) is 1. The number of amides is 1. The molecule has 0 bridgehead atoms. The molecule has 2 nitrogen and oxygen atoms in total. The van der Waals surface area contributed by atoms with E-state index in [1.807, 2.05) is 29.2 Å².